The first kappa shape index (κ1) is 12.6. The van der Waals surface area contributed by atoms with Crippen molar-refractivity contribution in [3.05, 3.63) is 35.1 Å². The molecule has 3 atom stereocenters. The summed E-state index contributed by atoms with van der Waals surface area (Å²) in [5.41, 5.74) is 1.99. The summed E-state index contributed by atoms with van der Waals surface area (Å²) in [6, 6.07) is 5.48. The minimum Gasteiger partial charge on any atom is -0.370 e. The van der Waals surface area contributed by atoms with Gasteiger partial charge < -0.3 is 4.74 Å². The van der Waals surface area contributed by atoms with Gasteiger partial charge in [-0.05, 0) is 49.3 Å². The maximum atomic E-state index is 13.2. The summed E-state index contributed by atoms with van der Waals surface area (Å²) in [5.74, 6) is 0.383. The molecule has 2 rings (SSSR count). The molecule has 2 heteroatoms. The zero-order valence-electron chi connectivity index (χ0n) is 10.9. The summed E-state index contributed by atoms with van der Waals surface area (Å²) in [6.07, 6.45) is 4.14. The Morgan fingerprint density at radius 1 is 1.29 bits per heavy atom. The van der Waals surface area contributed by atoms with Crippen molar-refractivity contribution in [1.82, 2.24) is 0 Å². The Morgan fingerprint density at radius 2 is 2.06 bits per heavy atom. The molecule has 17 heavy (non-hydrogen) atoms. The van der Waals surface area contributed by atoms with Crippen molar-refractivity contribution in [1.29, 1.82) is 0 Å². The molecule has 1 aliphatic heterocycles. The Labute approximate surface area is 103 Å². The molecule has 1 aliphatic rings. The molecule has 0 bridgehead atoms. The fraction of sp³-hybridized carbons (Fsp3) is 0.600. The van der Waals surface area contributed by atoms with Gasteiger partial charge in [-0.15, -0.1) is 0 Å². The van der Waals surface area contributed by atoms with Gasteiger partial charge in [-0.25, -0.2) is 4.39 Å². The smallest absolute Gasteiger partial charge is 0.126 e. The van der Waals surface area contributed by atoms with E-state index in [2.05, 4.69) is 13.8 Å². The minimum atomic E-state index is -0.113. The third kappa shape index (κ3) is 2.86. The van der Waals surface area contributed by atoms with Crippen molar-refractivity contribution in [3.63, 3.8) is 0 Å². The standard InChI is InChI=1S/C15H21FO/c1-4-11(9-15-14(5-2)17-15)12-6-7-13(16)10(3)8-12/h6-8,11,14-15H,4-5,9H2,1-3H3. The molecule has 1 heterocycles. The molecule has 3 unspecified atom stereocenters. The highest BCUT2D eigenvalue weighted by Crippen LogP contribution is 2.36. The first-order valence-corrected chi connectivity index (χ1v) is 6.57. The van der Waals surface area contributed by atoms with E-state index in [0.29, 0.717) is 18.1 Å². The van der Waals surface area contributed by atoms with Gasteiger partial charge in [0.15, 0.2) is 0 Å². The van der Waals surface area contributed by atoms with Crippen LogP contribution in [0.25, 0.3) is 0 Å². The van der Waals surface area contributed by atoms with Gasteiger partial charge in [0.1, 0.15) is 5.82 Å². The second-order valence-corrected chi connectivity index (χ2v) is 4.97. The monoisotopic (exact) mass is 236 g/mol. The van der Waals surface area contributed by atoms with Crippen LogP contribution in [-0.2, 0) is 4.74 Å². The van der Waals surface area contributed by atoms with Crippen molar-refractivity contribution in [2.24, 2.45) is 0 Å². The zero-order valence-corrected chi connectivity index (χ0v) is 10.9. The average Bonchev–Trinajstić information content (AvgIpc) is 3.08. The molecule has 1 aromatic rings. The van der Waals surface area contributed by atoms with Gasteiger partial charge in [0, 0.05) is 0 Å². The lowest BCUT2D eigenvalue weighted by molar-refractivity contribution is 0.349. The van der Waals surface area contributed by atoms with E-state index in [4.69, 9.17) is 4.74 Å². The van der Waals surface area contributed by atoms with Crippen LogP contribution in [0.1, 0.15) is 50.2 Å². The lowest BCUT2D eigenvalue weighted by Crippen LogP contribution is -2.04. The molecule has 0 aromatic heterocycles. The molecule has 0 saturated carbocycles. The molecular weight excluding hydrogens is 215 g/mol. The molecule has 0 aliphatic carbocycles. The van der Waals surface area contributed by atoms with E-state index in [0.717, 1.165) is 24.8 Å². The second kappa shape index (κ2) is 5.18. The summed E-state index contributed by atoms with van der Waals surface area (Å²) < 4.78 is 18.8. The Kier molecular flexibility index (Phi) is 3.82. The first-order chi connectivity index (χ1) is 8.15. The van der Waals surface area contributed by atoms with Crippen molar-refractivity contribution in [2.45, 2.75) is 58.2 Å². The molecule has 0 radical (unpaired) electrons. The van der Waals surface area contributed by atoms with E-state index in [1.165, 1.54) is 5.56 Å². The molecule has 1 saturated heterocycles. The number of epoxide rings is 1. The molecule has 1 nitrogen and oxygen atoms in total. The fourth-order valence-corrected chi connectivity index (χ4v) is 2.49. The number of aryl methyl sites for hydroxylation is 1. The SMILES string of the molecule is CCC(CC1OC1CC)c1ccc(F)c(C)c1. The quantitative estimate of drug-likeness (QED) is 0.698. The Hall–Kier alpha value is -0.890. The van der Waals surface area contributed by atoms with Gasteiger partial charge in [-0.1, -0.05) is 26.0 Å². The van der Waals surface area contributed by atoms with Crippen LogP contribution in [0, 0.1) is 12.7 Å². The molecule has 0 spiro atoms. The number of ether oxygens (including phenoxy) is 1. The number of benzene rings is 1. The Bertz CT molecular complexity index is 389. The lowest BCUT2D eigenvalue weighted by Gasteiger charge is -2.15. The summed E-state index contributed by atoms with van der Waals surface area (Å²) >= 11 is 0. The van der Waals surface area contributed by atoms with Crippen LogP contribution in [0.2, 0.25) is 0 Å². The normalized spacial score (nSPS) is 24.7. The third-order valence-corrected chi connectivity index (χ3v) is 3.75. The van der Waals surface area contributed by atoms with E-state index in [1.807, 2.05) is 19.1 Å². The summed E-state index contributed by atoms with van der Waals surface area (Å²) in [5, 5.41) is 0. The van der Waals surface area contributed by atoms with E-state index < -0.39 is 0 Å². The lowest BCUT2D eigenvalue weighted by atomic mass is 9.90. The highest BCUT2D eigenvalue weighted by atomic mass is 19.1. The molecule has 0 N–H and O–H groups in total. The average molecular weight is 236 g/mol. The summed E-state index contributed by atoms with van der Waals surface area (Å²) in [6.45, 7) is 6.17. The Balaban J connectivity index is 2.04. The second-order valence-electron chi connectivity index (χ2n) is 4.97. The summed E-state index contributed by atoms with van der Waals surface area (Å²) in [7, 11) is 0. The van der Waals surface area contributed by atoms with Crippen molar-refractivity contribution >= 4 is 0 Å². The van der Waals surface area contributed by atoms with Gasteiger partial charge >= 0.3 is 0 Å². The molecule has 1 aromatic carbocycles. The van der Waals surface area contributed by atoms with Gasteiger partial charge in [0.2, 0.25) is 0 Å². The molecular formula is C15H21FO. The van der Waals surface area contributed by atoms with Crippen molar-refractivity contribution in [2.75, 3.05) is 0 Å². The molecule has 94 valence electrons. The van der Waals surface area contributed by atoms with Crippen LogP contribution < -0.4 is 0 Å². The van der Waals surface area contributed by atoms with Crippen LogP contribution >= 0.6 is 0 Å². The highest BCUT2D eigenvalue weighted by Gasteiger charge is 2.38. The third-order valence-electron chi connectivity index (χ3n) is 3.75. The van der Waals surface area contributed by atoms with Crippen LogP contribution in [-0.4, -0.2) is 12.2 Å². The number of halogens is 1. The van der Waals surface area contributed by atoms with E-state index in [9.17, 15) is 4.39 Å². The topological polar surface area (TPSA) is 12.5 Å². The van der Waals surface area contributed by atoms with Crippen LogP contribution in [0.4, 0.5) is 4.39 Å². The largest absolute Gasteiger partial charge is 0.370 e. The van der Waals surface area contributed by atoms with E-state index in [-0.39, 0.29) is 5.82 Å². The van der Waals surface area contributed by atoms with Gasteiger partial charge in [0.05, 0.1) is 12.2 Å². The predicted molar refractivity (Wildman–Crippen MR) is 67.7 cm³/mol. The highest BCUT2D eigenvalue weighted by molar-refractivity contribution is 5.27. The Morgan fingerprint density at radius 3 is 2.59 bits per heavy atom. The predicted octanol–water partition coefficient (Wildman–Crippen LogP) is 4.20. The van der Waals surface area contributed by atoms with Crippen LogP contribution in [0.3, 0.4) is 0 Å². The van der Waals surface area contributed by atoms with Crippen molar-refractivity contribution < 1.29 is 9.13 Å². The maximum absolute atomic E-state index is 13.2. The van der Waals surface area contributed by atoms with E-state index >= 15 is 0 Å². The molecule has 0 amide bonds. The van der Waals surface area contributed by atoms with Gasteiger partial charge in [0.25, 0.3) is 0 Å². The molecule has 1 fully saturated rings. The number of hydrogen-bond donors (Lipinski definition) is 0. The number of hydrogen-bond acceptors (Lipinski definition) is 1. The fourth-order valence-electron chi connectivity index (χ4n) is 2.49. The zero-order chi connectivity index (χ0) is 12.4. The minimum absolute atomic E-state index is 0.113. The summed E-state index contributed by atoms with van der Waals surface area (Å²) in [4.78, 5) is 0. The van der Waals surface area contributed by atoms with Crippen LogP contribution in [0.15, 0.2) is 18.2 Å². The first-order valence-electron chi connectivity index (χ1n) is 6.57. The van der Waals surface area contributed by atoms with Gasteiger partial charge in [-0.2, -0.15) is 0 Å². The van der Waals surface area contributed by atoms with Crippen LogP contribution in [0.5, 0.6) is 0 Å². The van der Waals surface area contributed by atoms with E-state index in [1.54, 1.807) is 6.07 Å². The van der Waals surface area contributed by atoms with Gasteiger partial charge in [-0.3, -0.25) is 0 Å². The number of rotatable bonds is 5. The van der Waals surface area contributed by atoms with Crippen molar-refractivity contribution in [3.8, 4) is 0 Å². The maximum Gasteiger partial charge on any atom is 0.126 e.